The van der Waals surface area contributed by atoms with Crippen LogP contribution in [-0.2, 0) is 4.74 Å². The summed E-state index contributed by atoms with van der Waals surface area (Å²) in [5.41, 5.74) is 0.809. The largest absolute Gasteiger partial charge is 0.386 e. The Labute approximate surface area is 134 Å². The van der Waals surface area contributed by atoms with Gasteiger partial charge in [0, 0.05) is 55.7 Å². The van der Waals surface area contributed by atoms with Crippen molar-refractivity contribution in [1.29, 1.82) is 0 Å². The minimum Gasteiger partial charge on any atom is -0.386 e. The lowest BCUT2D eigenvalue weighted by molar-refractivity contribution is 0.0838. The average molecular weight is 320 g/mol. The predicted molar refractivity (Wildman–Crippen MR) is 85.2 cm³/mol. The number of aliphatic hydroxyl groups excluding tert-OH is 1. The van der Waals surface area contributed by atoms with Crippen LogP contribution in [0.5, 0.6) is 0 Å². The van der Waals surface area contributed by atoms with Gasteiger partial charge in [-0.1, -0.05) is 6.07 Å². The van der Waals surface area contributed by atoms with Gasteiger partial charge in [-0.25, -0.2) is 4.98 Å². The van der Waals surface area contributed by atoms with E-state index in [0.29, 0.717) is 12.5 Å². The Bertz CT molecular complexity index is 586. The van der Waals surface area contributed by atoms with Gasteiger partial charge in [0.05, 0.1) is 12.6 Å². The molecule has 22 heavy (non-hydrogen) atoms. The van der Waals surface area contributed by atoms with Crippen LogP contribution in [0.15, 0.2) is 24.5 Å². The summed E-state index contributed by atoms with van der Waals surface area (Å²) in [6, 6.07) is 3.70. The predicted octanol–water partition coefficient (Wildman–Crippen LogP) is 2.00. The van der Waals surface area contributed by atoms with Crippen LogP contribution < -0.4 is 4.90 Å². The quantitative estimate of drug-likeness (QED) is 0.908. The number of ether oxygens (including phenoxy) is 1. The lowest BCUT2D eigenvalue weighted by atomic mass is 10.00. The van der Waals surface area contributed by atoms with Crippen molar-refractivity contribution < 1.29 is 9.84 Å². The molecule has 3 rings (SSSR count). The normalized spacial score (nSPS) is 17.4. The lowest BCUT2D eigenvalue weighted by Crippen LogP contribution is -2.24. The standard InChI is InChI=1S/C15H20N4O2S/c1-19(10-13(20)12-3-2-6-16-9-12)15-17-14(18-22-15)11-4-7-21-8-5-11/h2-3,6,9,11,13,20H,4-5,7-8,10H2,1H3/t13-/m0/s1. The van der Waals surface area contributed by atoms with Gasteiger partial charge in [0.1, 0.15) is 5.82 Å². The molecule has 0 aromatic carbocycles. The maximum atomic E-state index is 10.3. The van der Waals surface area contributed by atoms with Crippen LogP contribution in [-0.4, -0.2) is 46.3 Å². The number of likely N-dealkylation sites (N-methyl/N-ethyl adjacent to an activating group) is 1. The molecule has 0 aliphatic carbocycles. The summed E-state index contributed by atoms with van der Waals surface area (Å²) in [6.07, 6.45) is 4.77. The van der Waals surface area contributed by atoms with E-state index >= 15 is 0 Å². The van der Waals surface area contributed by atoms with E-state index in [1.54, 1.807) is 12.4 Å². The van der Waals surface area contributed by atoms with Crippen LogP contribution in [0.1, 0.15) is 36.3 Å². The Hall–Kier alpha value is -1.57. The van der Waals surface area contributed by atoms with E-state index in [9.17, 15) is 5.11 Å². The zero-order chi connectivity index (χ0) is 15.4. The molecule has 0 bridgehead atoms. The second-order valence-corrected chi connectivity index (χ2v) is 6.23. The molecule has 118 valence electrons. The molecule has 7 heteroatoms. The average Bonchev–Trinajstić information content (AvgIpc) is 3.06. The summed E-state index contributed by atoms with van der Waals surface area (Å²) in [5.74, 6) is 1.31. The third-order valence-electron chi connectivity index (χ3n) is 3.86. The highest BCUT2D eigenvalue weighted by molar-refractivity contribution is 7.09. The highest BCUT2D eigenvalue weighted by Crippen LogP contribution is 2.28. The SMILES string of the molecule is CN(C[C@H](O)c1cccnc1)c1nc(C2CCOCC2)ns1. The summed E-state index contributed by atoms with van der Waals surface area (Å²) >= 11 is 1.39. The molecule has 1 atom stereocenters. The molecule has 1 saturated heterocycles. The molecule has 1 aliphatic rings. The van der Waals surface area contributed by atoms with Gasteiger partial charge < -0.3 is 14.7 Å². The molecule has 6 nitrogen and oxygen atoms in total. The fourth-order valence-corrected chi connectivity index (χ4v) is 3.23. The Balaban J connectivity index is 1.62. The molecule has 2 aromatic heterocycles. The van der Waals surface area contributed by atoms with E-state index in [1.807, 2.05) is 24.1 Å². The minimum atomic E-state index is -0.589. The molecule has 1 aliphatic heterocycles. The number of nitrogens with zero attached hydrogens (tertiary/aromatic N) is 4. The monoisotopic (exact) mass is 320 g/mol. The van der Waals surface area contributed by atoms with E-state index in [2.05, 4.69) is 14.3 Å². The topological polar surface area (TPSA) is 71.4 Å². The number of rotatable bonds is 5. The van der Waals surface area contributed by atoms with Crippen molar-refractivity contribution >= 4 is 16.7 Å². The Morgan fingerprint density at radius 3 is 3.00 bits per heavy atom. The molecule has 0 amide bonds. The maximum Gasteiger partial charge on any atom is 0.205 e. The van der Waals surface area contributed by atoms with Crippen molar-refractivity contribution in [2.75, 3.05) is 31.7 Å². The summed E-state index contributed by atoms with van der Waals surface area (Å²) in [7, 11) is 1.92. The number of aromatic nitrogens is 3. The number of hydrogen-bond acceptors (Lipinski definition) is 7. The van der Waals surface area contributed by atoms with Crippen LogP contribution >= 0.6 is 11.5 Å². The van der Waals surface area contributed by atoms with Gasteiger partial charge in [0.15, 0.2) is 0 Å². The van der Waals surface area contributed by atoms with Gasteiger partial charge in [-0.15, -0.1) is 0 Å². The van der Waals surface area contributed by atoms with Gasteiger partial charge in [-0.05, 0) is 18.9 Å². The fraction of sp³-hybridized carbons (Fsp3) is 0.533. The first kappa shape index (κ1) is 15.3. The third-order valence-corrected chi connectivity index (χ3v) is 4.70. The van der Waals surface area contributed by atoms with Crippen LogP contribution in [0.25, 0.3) is 0 Å². The van der Waals surface area contributed by atoms with Gasteiger partial charge in [0.2, 0.25) is 5.13 Å². The number of pyridine rings is 1. The highest BCUT2D eigenvalue weighted by Gasteiger charge is 2.22. The van der Waals surface area contributed by atoms with Gasteiger partial charge in [0.25, 0.3) is 0 Å². The molecule has 2 aromatic rings. The van der Waals surface area contributed by atoms with E-state index in [-0.39, 0.29) is 0 Å². The molecule has 3 heterocycles. The van der Waals surface area contributed by atoms with E-state index in [0.717, 1.165) is 42.6 Å². The Morgan fingerprint density at radius 1 is 1.45 bits per heavy atom. The van der Waals surface area contributed by atoms with E-state index < -0.39 is 6.10 Å². The zero-order valence-corrected chi connectivity index (χ0v) is 13.4. The van der Waals surface area contributed by atoms with Gasteiger partial charge in [-0.2, -0.15) is 4.37 Å². The third kappa shape index (κ3) is 3.60. The maximum absolute atomic E-state index is 10.3. The van der Waals surface area contributed by atoms with E-state index in [4.69, 9.17) is 4.74 Å². The van der Waals surface area contributed by atoms with Crippen molar-refractivity contribution in [3.05, 3.63) is 35.9 Å². The second kappa shape index (κ2) is 7.13. The summed E-state index contributed by atoms with van der Waals surface area (Å²) in [4.78, 5) is 10.6. The molecule has 0 radical (unpaired) electrons. The molecular formula is C15H20N4O2S. The van der Waals surface area contributed by atoms with Crippen molar-refractivity contribution in [3.8, 4) is 0 Å². The smallest absolute Gasteiger partial charge is 0.205 e. The second-order valence-electron chi connectivity index (χ2n) is 5.50. The van der Waals surface area contributed by atoms with Gasteiger partial charge in [-0.3, -0.25) is 4.98 Å². The Kier molecular flexibility index (Phi) is 4.97. The first-order valence-electron chi connectivity index (χ1n) is 7.44. The summed E-state index contributed by atoms with van der Waals surface area (Å²) in [5, 5.41) is 11.1. The first-order chi connectivity index (χ1) is 10.7. The van der Waals surface area contributed by atoms with Gasteiger partial charge >= 0.3 is 0 Å². The molecule has 1 N–H and O–H groups in total. The van der Waals surface area contributed by atoms with Crippen LogP contribution in [0.3, 0.4) is 0 Å². The lowest BCUT2D eigenvalue weighted by Gasteiger charge is -2.20. The van der Waals surface area contributed by atoms with Crippen molar-refractivity contribution in [1.82, 2.24) is 14.3 Å². The fourth-order valence-electron chi connectivity index (χ4n) is 2.52. The van der Waals surface area contributed by atoms with Crippen LogP contribution in [0, 0.1) is 0 Å². The zero-order valence-electron chi connectivity index (χ0n) is 12.6. The summed E-state index contributed by atoms with van der Waals surface area (Å²) < 4.78 is 9.86. The van der Waals surface area contributed by atoms with E-state index in [1.165, 1.54) is 11.5 Å². The molecule has 1 fully saturated rings. The number of aliphatic hydroxyl groups is 1. The number of anilines is 1. The Morgan fingerprint density at radius 2 is 2.27 bits per heavy atom. The van der Waals surface area contributed by atoms with Crippen molar-refractivity contribution in [2.24, 2.45) is 0 Å². The molecule has 0 spiro atoms. The summed E-state index contributed by atoms with van der Waals surface area (Å²) in [6.45, 7) is 2.04. The first-order valence-corrected chi connectivity index (χ1v) is 8.22. The molecule has 0 saturated carbocycles. The van der Waals surface area contributed by atoms with Crippen molar-refractivity contribution in [2.45, 2.75) is 24.9 Å². The number of hydrogen-bond donors (Lipinski definition) is 1. The van der Waals surface area contributed by atoms with Crippen molar-refractivity contribution in [3.63, 3.8) is 0 Å². The van der Waals surface area contributed by atoms with Crippen LogP contribution in [0.4, 0.5) is 5.13 Å². The highest BCUT2D eigenvalue weighted by atomic mass is 32.1. The minimum absolute atomic E-state index is 0.399. The molecule has 0 unspecified atom stereocenters. The molecular weight excluding hydrogens is 300 g/mol. The van der Waals surface area contributed by atoms with Crippen LogP contribution in [0.2, 0.25) is 0 Å².